The van der Waals surface area contributed by atoms with Crippen LogP contribution in [0.1, 0.15) is 39.0 Å². The van der Waals surface area contributed by atoms with Crippen LogP contribution in [-0.2, 0) is 9.53 Å². The third-order valence-corrected chi connectivity index (χ3v) is 5.51. The summed E-state index contributed by atoms with van der Waals surface area (Å²) in [6.07, 6.45) is 5.56. The molecule has 1 amide bonds. The minimum atomic E-state index is 0.132. The first-order chi connectivity index (χ1) is 10.1. The van der Waals surface area contributed by atoms with Crippen molar-refractivity contribution in [2.24, 2.45) is 17.6 Å². The molecule has 3 aliphatic rings. The van der Waals surface area contributed by atoms with Gasteiger partial charge in [-0.2, -0.15) is 0 Å². The zero-order valence-corrected chi connectivity index (χ0v) is 13.1. The third kappa shape index (κ3) is 3.58. The zero-order chi connectivity index (χ0) is 14.8. The van der Waals surface area contributed by atoms with Crippen molar-refractivity contribution in [1.29, 1.82) is 0 Å². The Morgan fingerprint density at radius 2 is 2.24 bits per heavy atom. The van der Waals surface area contributed by atoms with E-state index in [0.29, 0.717) is 18.5 Å². The predicted octanol–water partition coefficient (Wildman–Crippen LogP) is 0.729. The summed E-state index contributed by atoms with van der Waals surface area (Å²) in [6, 6.07) is 0.898. The molecule has 2 heterocycles. The number of nitrogens with one attached hydrogen (secondary N) is 1. The van der Waals surface area contributed by atoms with Crippen LogP contribution in [0.5, 0.6) is 0 Å². The van der Waals surface area contributed by atoms with E-state index in [9.17, 15) is 4.79 Å². The standard InChI is InChI=1S/C16H29N3O2/c1-11-7-12(17)4-5-15(11)16(20)18-8-14-9-19-6-2-3-13(19)10-21-14/h11-15H,2-10,17H2,1H3,(H,18,20). The molecule has 0 spiro atoms. The fourth-order valence-corrected chi connectivity index (χ4v) is 4.18. The Morgan fingerprint density at radius 3 is 3.05 bits per heavy atom. The topological polar surface area (TPSA) is 67.6 Å². The van der Waals surface area contributed by atoms with Crippen LogP contribution in [0.15, 0.2) is 0 Å². The summed E-state index contributed by atoms with van der Waals surface area (Å²) in [4.78, 5) is 14.9. The largest absolute Gasteiger partial charge is 0.373 e. The first-order valence-corrected chi connectivity index (χ1v) is 8.52. The quantitative estimate of drug-likeness (QED) is 0.805. The Labute approximate surface area is 127 Å². The number of carbonyl (C=O) groups excluding carboxylic acids is 1. The highest BCUT2D eigenvalue weighted by molar-refractivity contribution is 5.79. The third-order valence-electron chi connectivity index (χ3n) is 5.51. The predicted molar refractivity (Wildman–Crippen MR) is 81.8 cm³/mol. The highest BCUT2D eigenvalue weighted by atomic mass is 16.5. The number of amides is 1. The first-order valence-electron chi connectivity index (χ1n) is 8.52. The summed E-state index contributed by atoms with van der Waals surface area (Å²) in [5.74, 6) is 0.721. The maximum absolute atomic E-state index is 12.4. The molecule has 2 aliphatic heterocycles. The molecular formula is C16H29N3O2. The van der Waals surface area contributed by atoms with Crippen molar-refractivity contribution in [1.82, 2.24) is 10.2 Å². The Kier molecular flexibility index (Phi) is 4.82. The van der Waals surface area contributed by atoms with E-state index in [1.165, 1.54) is 19.4 Å². The SMILES string of the molecule is CC1CC(N)CCC1C(=O)NCC1CN2CCCC2CO1. The molecule has 120 valence electrons. The lowest BCUT2D eigenvalue weighted by Gasteiger charge is -2.36. The lowest BCUT2D eigenvalue weighted by Crippen LogP contribution is -2.51. The van der Waals surface area contributed by atoms with Gasteiger partial charge in [-0.1, -0.05) is 6.92 Å². The van der Waals surface area contributed by atoms with Crippen LogP contribution < -0.4 is 11.1 Å². The van der Waals surface area contributed by atoms with Gasteiger partial charge in [0, 0.05) is 31.1 Å². The number of rotatable bonds is 3. The highest BCUT2D eigenvalue weighted by Crippen LogP contribution is 2.29. The number of hydrogen-bond donors (Lipinski definition) is 2. The van der Waals surface area contributed by atoms with E-state index in [-0.39, 0.29) is 24.0 Å². The molecule has 5 unspecified atom stereocenters. The number of carbonyl (C=O) groups is 1. The molecule has 2 saturated heterocycles. The Morgan fingerprint density at radius 1 is 1.38 bits per heavy atom. The molecule has 0 bridgehead atoms. The molecular weight excluding hydrogens is 266 g/mol. The van der Waals surface area contributed by atoms with E-state index in [1.807, 2.05) is 0 Å². The summed E-state index contributed by atoms with van der Waals surface area (Å²) >= 11 is 0. The smallest absolute Gasteiger partial charge is 0.223 e. The number of fused-ring (bicyclic) bond motifs is 1. The van der Waals surface area contributed by atoms with E-state index in [4.69, 9.17) is 10.5 Å². The van der Waals surface area contributed by atoms with Gasteiger partial charge >= 0.3 is 0 Å². The molecule has 0 radical (unpaired) electrons. The van der Waals surface area contributed by atoms with Crippen LogP contribution in [0.2, 0.25) is 0 Å². The van der Waals surface area contributed by atoms with Gasteiger partial charge in [0.05, 0.1) is 12.7 Å². The second-order valence-corrected chi connectivity index (χ2v) is 7.15. The zero-order valence-electron chi connectivity index (χ0n) is 13.1. The number of hydrogen-bond acceptors (Lipinski definition) is 4. The summed E-state index contributed by atoms with van der Waals surface area (Å²) < 4.78 is 5.90. The second kappa shape index (κ2) is 6.63. The van der Waals surface area contributed by atoms with Crippen LogP contribution in [0.4, 0.5) is 0 Å². The van der Waals surface area contributed by atoms with Gasteiger partial charge in [0.25, 0.3) is 0 Å². The van der Waals surface area contributed by atoms with Gasteiger partial charge in [-0.15, -0.1) is 0 Å². The fourth-order valence-electron chi connectivity index (χ4n) is 4.18. The maximum atomic E-state index is 12.4. The molecule has 5 heteroatoms. The van der Waals surface area contributed by atoms with Crippen LogP contribution >= 0.6 is 0 Å². The van der Waals surface area contributed by atoms with Crippen molar-refractivity contribution in [3.63, 3.8) is 0 Å². The molecule has 5 atom stereocenters. The number of nitrogens with zero attached hydrogens (tertiary/aromatic N) is 1. The molecule has 0 aromatic heterocycles. The lowest BCUT2D eigenvalue weighted by atomic mass is 9.78. The van der Waals surface area contributed by atoms with Crippen molar-refractivity contribution in [3.05, 3.63) is 0 Å². The van der Waals surface area contributed by atoms with E-state index < -0.39 is 0 Å². The number of morpholine rings is 1. The van der Waals surface area contributed by atoms with Crippen LogP contribution in [0.25, 0.3) is 0 Å². The van der Waals surface area contributed by atoms with E-state index in [0.717, 1.165) is 32.4 Å². The Hall–Kier alpha value is -0.650. The molecule has 3 N–H and O–H groups in total. The molecule has 0 aromatic carbocycles. The van der Waals surface area contributed by atoms with Gasteiger partial charge in [-0.3, -0.25) is 9.69 Å². The van der Waals surface area contributed by atoms with Gasteiger partial charge < -0.3 is 15.8 Å². The Bertz CT molecular complexity index is 377. The molecule has 3 fully saturated rings. The first kappa shape index (κ1) is 15.3. The van der Waals surface area contributed by atoms with E-state index >= 15 is 0 Å². The van der Waals surface area contributed by atoms with Crippen molar-refractivity contribution in [2.45, 2.75) is 57.2 Å². The minimum Gasteiger partial charge on any atom is -0.373 e. The molecule has 21 heavy (non-hydrogen) atoms. The molecule has 5 nitrogen and oxygen atoms in total. The molecule has 1 saturated carbocycles. The minimum absolute atomic E-state index is 0.132. The second-order valence-electron chi connectivity index (χ2n) is 7.15. The monoisotopic (exact) mass is 295 g/mol. The molecule has 3 rings (SSSR count). The van der Waals surface area contributed by atoms with Crippen molar-refractivity contribution < 1.29 is 9.53 Å². The molecule has 0 aromatic rings. The van der Waals surface area contributed by atoms with Crippen LogP contribution in [0, 0.1) is 11.8 Å². The molecule has 1 aliphatic carbocycles. The van der Waals surface area contributed by atoms with Crippen molar-refractivity contribution >= 4 is 5.91 Å². The highest BCUT2D eigenvalue weighted by Gasteiger charge is 2.34. The maximum Gasteiger partial charge on any atom is 0.223 e. The van der Waals surface area contributed by atoms with Crippen molar-refractivity contribution in [2.75, 3.05) is 26.2 Å². The van der Waals surface area contributed by atoms with E-state index in [1.54, 1.807) is 0 Å². The van der Waals surface area contributed by atoms with Crippen LogP contribution in [-0.4, -0.2) is 55.2 Å². The van der Waals surface area contributed by atoms with Gasteiger partial charge in [-0.25, -0.2) is 0 Å². The van der Waals surface area contributed by atoms with Crippen LogP contribution in [0.3, 0.4) is 0 Å². The fraction of sp³-hybridized carbons (Fsp3) is 0.938. The number of ether oxygens (including phenoxy) is 1. The van der Waals surface area contributed by atoms with E-state index in [2.05, 4.69) is 17.1 Å². The van der Waals surface area contributed by atoms with Gasteiger partial charge in [-0.05, 0) is 44.6 Å². The average Bonchev–Trinajstić information content (AvgIpc) is 2.92. The Balaban J connectivity index is 1.43. The summed E-state index contributed by atoms with van der Waals surface area (Å²) in [5.41, 5.74) is 5.97. The van der Waals surface area contributed by atoms with Gasteiger partial charge in [0.15, 0.2) is 0 Å². The summed E-state index contributed by atoms with van der Waals surface area (Å²) in [5, 5.41) is 3.12. The normalized spacial score (nSPS) is 40.8. The lowest BCUT2D eigenvalue weighted by molar-refractivity contribution is -0.129. The average molecular weight is 295 g/mol. The summed E-state index contributed by atoms with van der Waals surface area (Å²) in [7, 11) is 0. The summed E-state index contributed by atoms with van der Waals surface area (Å²) in [6.45, 7) is 5.79. The van der Waals surface area contributed by atoms with Gasteiger partial charge in [0.2, 0.25) is 5.91 Å². The number of nitrogens with two attached hydrogens (primary N) is 1. The van der Waals surface area contributed by atoms with Crippen molar-refractivity contribution in [3.8, 4) is 0 Å². The van der Waals surface area contributed by atoms with Gasteiger partial charge in [0.1, 0.15) is 0 Å².